The number of carbonyl (C=O) groups is 5. The number of benzene rings is 2. The highest BCUT2D eigenvalue weighted by Gasteiger charge is 2.45. The van der Waals surface area contributed by atoms with Crippen LogP contribution in [0.4, 0.5) is 10.2 Å². The van der Waals surface area contributed by atoms with Crippen molar-refractivity contribution < 1.29 is 33.1 Å². The Morgan fingerprint density at radius 3 is 2.42 bits per heavy atom. The fourth-order valence-electron chi connectivity index (χ4n) is 9.43. The number of rotatable bonds is 21. The molecule has 2 aliphatic rings. The summed E-state index contributed by atoms with van der Waals surface area (Å²) in [6.45, 7) is 12.5. The standard InChI is InChI=1S/C54H74FN13O6/c1-9-40(35-19-15-14-16-20-35)62-50(71)43-28-37(31-67(43)53(73)47(54(4,5)6)64-49(70)33(2)58-7)59-24-18-13-11-10-12-17-21-45(69)60-25-26-68-44(29-56)46-41-30-61-48(57)51(63-41)74-34(3)39-27-36(55)22-23-38(39)52(72)66(8)32-42(46)65-68/h14-16,19-20,22-23,27,30,33-34,37,40,43,47,58-59H,9-13,17-18,21,24-26,28,31-32H2,1-8H3,(H2,57,61)(H,60,69)(H,62,71)(H,64,70)/t33-,34+,37-,40+,43-,47+/m0/s1. The molecule has 1 fully saturated rings. The van der Waals surface area contributed by atoms with Gasteiger partial charge in [-0.15, -0.1) is 0 Å². The van der Waals surface area contributed by atoms with Crippen LogP contribution in [0.1, 0.15) is 144 Å². The minimum absolute atomic E-state index is 0.0119. The Morgan fingerprint density at radius 1 is 1.01 bits per heavy atom. The number of fused-ring (bicyclic) bond motifs is 5. The van der Waals surface area contributed by atoms with Crippen LogP contribution in [-0.4, -0.2) is 117 Å². The Hall–Kier alpha value is -6.98. The lowest BCUT2D eigenvalue weighted by Crippen LogP contribution is -2.59. The number of unbranched alkanes of at least 4 members (excludes halogenated alkanes) is 5. The van der Waals surface area contributed by atoms with E-state index in [0.29, 0.717) is 55.6 Å². The third kappa shape index (κ3) is 14.2. The van der Waals surface area contributed by atoms with Crippen LogP contribution in [-0.2, 0) is 32.3 Å². The Balaban J connectivity index is 0.969. The van der Waals surface area contributed by atoms with Crippen LogP contribution < -0.4 is 37.1 Å². The molecule has 20 heteroatoms. The van der Waals surface area contributed by atoms with Gasteiger partial charge in [0, 0.05) is 43.7 Å². The zero-order chi connectivity index (χ0) is 53.7. The monoisotopic (exact) mass is 1020 g/mol. The highest BCUT2D eigenvalue weighted by molar-refractivity contribution is 5.96. The van der Waals surface area contributed by atoms with E-state index in [-0.39, 0.29) is 84.0 Å². The van der Waals surface area contributed by atoms with Gasteiger partial charge in [0.15, 0.2) is 5.82 Å². The topological polar surface area (TPSA) is 255 Å². The van der Waals surface area contributed by atoms with Crippen LogP contribution in [0.2, 0.25) is 0 Å². The number of hydrogen-bond acceptors (Lipinski definition) is 13. The molecule has 4 heterocycles. The highest BCUT2D eigenvalue weighted by atomic mass is 19.1. The maximum Gasteiger partial charge on any atom is 0.258 e. The number of hydrogen-bond donors (Lipinski definition) is 6. The molecule has 1 saturated heterocycles. The molecule has 398 valence electrons. The summed E-state index contributed by atoms with van der Waals surface area (Å²) >= 11 is 0. The third-order valence-electron chi connectivity index (χ3n) is 13.8. The highest BCUT2D eigenvalue weighted by Crippen LogP contribution is 2.34. The number of carbonyl (C=O) groups excluding carboxylic acids is 5. The molecule has 0 aliphatic carbocycles. The van der Waals surface area contributed by atoms with Gasteiger partial charge in [0.05, 0.1) is 48.3 Å². The van der Waals surface area contributed by atoms with Crippen molar-refractivity contribution in [3.05, 3.63) is 88.6 Å². The molecular weight excluding hydrogens is 946 g/mol. The van der Waals surface area contributed by atoms with Gasteiger partial charge in [-0.1, -0.05) is 83.7 Å². The second kappa shape index (κ2) is 25.8. The minimum atomic E-state index is -0.840. The SMILES string of the molecule is CC[C@@H](NC(=O)[C@@H]1C[C@H](NCCCCCCCCC(=O)NCCn2nc3c(c2C#N)-c2cnc(N)c(n2)O[C@H](C)c2cc(F)ccc2C(=O)N(C)C3)CN1C(=O)[C@@H](NC(=O)[C@H](C)NC)C(C)(C)C)c1ccccc1. The van der Waals surface area contributed by atoms with Crippen LogP contribution in [0, 0.1) is 22.6 Å². The summed E-state index contributed by atoms with van der Waals surface area (Å²) in [4.78, 5) is 80.1. The van der Waals surface area contributed by atoms with Gasteiger partial charge in [0.2, 0.25) is 23.6 Å². The Kier molecular flexibility index (Phi) is 19.6. The van der Waals surface area contributed by atoms with Crippen molar-refractivity contribution in [3.8, 4) is 23.2 Å². The lowest BCUT2D eigenvalue weighted by atomic mass is 9.85. The molecular formula is C54H74FN13O6. The summed E-state index contributed by atoms with van der Waals surface area (Å²) in [7, 11) is 3.28. The van der Waals surface area contributed by atoms with E-state index in [9.17, 15) is 33.6 Å². The Labute approximate surface area is 433 Å². The molecule has 6 atom stereocenters. The second-order valence-corrected chi connectivity index (χ2v) is 20.4. The number of halogens is 1. The number of amides is 5. The van der Waals surface area contributed by atoms with Crippen molar-refractivity contribution in [1.29, 1.82) is 5.26 Å². The summed E-state index contributed by atoms with van der Waals surface area (Å²) in [6, 6.07) is 13.5. The first-order valence-electron chi connectivity index (χ1n) is 25.8. The van der Waals surface area contributed by atoms with Crippen LogP contribution in [0.5, 0.6) is 5.88 Å². The minimum Gasteiger partial charge on any atom is -0.467 e. The average molecular weight is 1020 g/mol. The average Bonchev–Trinajstić information content (AvgIpc) is 3.97. The van der Waals surface area contributed by atoms with Gasteiger partial charge in [0.1, 0.15) is 35.8 Å². The van der Waals surface area contributed by atoms with E-state index in [0.717, 1.165) is 37.7 Å². The number of nitrogens with two attached hydrogens (primary N) is 1. The smallest absolute Gasteiger partial charge is 0.258 e. The van der Waals surface area contributed by atoms with Gasteiger partial charge >= 0.3 is 0 Å². The fraction of sp³-hybridized carbons (Fsp3) is 0.537. The largest absolute Gasteiger partial charge is 0.467 e. The lowest BCUT2D eigenvalue weighted by Gasteiger charge is -2.36. The van der Waals surface area contributed by atoms with Gasteiger partial charge in [-0.3, -0.25) is 28.7 Å². The summed E-state index contributed by atoms with van der Waals surface area (Å²) in [5, 5.41) is 30.7. The van der Waals surface area contributed by atoms with Gasteiger partial charge in [-0.25, -0.2) is 14.4 Å². The summed E-state index contributed by atoms with van der Waals surface area (Å²) in [6.07, 6.45) is 7.45. The van der Waals surface area contributed by atoms with E-state index in [1.807, 2.05) is 58.0 Å². The Bertz CT molecular complexity index is 2650. The maximum atomic E-state index is 14.4. The summed E-state index contributed by atoms with van der Waals surface area (Å²) in [5.41, 5.74) is 8.17. The van der Waals surface area contributed by atoms with Crippen molar-refractivity contribution in [2.24, 2.45) is 5.41 Å². The van der Waals surface area contributed by atoms with E-state index in [1.54, 1.807) is 32.8 Å². The molecule has 2 aromatic carbocycles. The molecule has 2 aromatic heterocycles. The number of likely N-dealkylation sites (N-methyl/N-ethyl adjacent to an activating group) is 1. The van der Waals surface area contributed by atoms with E-state index in [1.165, 1.54) is 34.0 Å². The Morgan fingerprint density at radius 2 is 1.73 bits per heavy atom. The molecule has 0 spiro atoms. The molecule has 19 nitrogen and oxygen atoms in total. The normalized spacial score (nSPS) is 17.8. The summed E-state index contributed by atoms with van der Waals surface area (Å²) < 4.78 is 21.9. The van der Waals surface area contributed by atoms with Crippen LogP contribution in [0.3, 0.4) is 0 Å². The molecule has 5 amide bonds. The van der Waals surface area contributed by atoms with E-state index in [4.69, 9.17) is 15.6 Å². The molecule has 0 radical (unpaired) electrons. The number of likely N-dealkylation sites (tertiary alicyclic amines) is 1. The van der Waals surface area contributed by atoms with Gasteiger partial charge in [-0.2, -0.15) is 10.4 Å². The first-order valence-corrected chi connectivity index (χ1v) is 25.8. The van der Waals surface area contributed by atoms with Crippen molar-refractivity contribution in [2.45, 2.75) is 149 Å². The molecule has 2 aliphatic heterocycles. The van der Waals surface area contributed by atoms with E-state index in [2.05, 4.69) is 42.6 Å². The van der Waals surface area contributed by atoms with Crippen LogP contribution >= 0.6 is 0 Å². The van der Waals surface area contributed by atoms with E-state index < -0.39 is 41.4 Å². The third-order valence-corrected chi connectivity index (χ3v) is 13.8. The zero-order valence-electron chi connectivity index (χ0n) is 44.1. The van der Waals surface area contributed by atoms with Crippen LogP contribution in [0.15, 0.2) is 54.7 Å². The molecule has 2 bridgehead atoms. The van der Waals surface area contributed by atoms with Gasteiger partial charge in [0.25, 0.3) is 11.8 Å². The number of nitrogens with one attached hydrogen (secondary N) is 5. The predicted octanol–water partition coefficient (Wildman–Crippen LogP) is 5.47. The molecule has 0 saturated carbocycles. The number of aromatic nitrogens is 4. The van der Waals surface area contributed by atoms with Gasteiger partial charge < -0.3 is 46.9 Å². The molecule has 6 rings (SSSR count). The molecule has 74 heavy (non-hydrogen) atoms. The second-order valence-electron chi connectivity index (χ2n) is 20.4. The first kappa shape index (κ1) is 56.3. The quantitative estimate of drug-likeness (QED) is 0.0567. The first-order chi connectivity index (χ1) is 35.3. The van der Waals surface area contributed by atoms with Gasteiger partial charge in [-0.05, 0) is 82.3 Å². The fourth-order valence-corrected chi connectivity index (χ4v) is 9.43. The van der Waals surface area contributed by atoms with E-state index >= 15 is 0 Å². The van der Waals surface area contributed by atoms with Crippen molar-refractivity contribution in [1.82, 2.24) is 56.1 Å². The number of anilines is 1. The van der Waals surface area contributed by atoms with Crippen LogP contribution in [0.25, 0.3) is 11.3 Å². The molecule has 7 N–H and O–H groups in total. The van der Waals surface area contributed by atoms with Crippen molar-refractivity contribution >= 4 is 35.4 Å². The van der Waals surface area contributed by atoms with Crippen molar-refractivity contribution in [2.75, 3.05) is 39.5 Å². The molecule has 0 unspecified atom stereocenters. The van der Waals surface area contributed by atoms with Crippen molar-refractivity contribution in [3.63, 3.8) is 0 Å². The molecule has 4 aromatic rings. The predicted molar refractivity (Wildman–Crippen MR) is 278 cm³/mol. The number of nitriles is 1. The summed E-state index contributed by atoms with van der Waals surface area (Å²) in [5.74, 6) is -1.91. The maximum absolute atomic E-state index is 14.4. The number of ether oxygens (including phenoxy) is 1. The lowest BCUT2D eigenvalue weighted by molar-refractivity contribution is -0.144. The number of nitrogens with zero attached hydrogens (tertiary/aromatic N) is 7. The zero-order valence-corrected chi connectivity index (χ0v) is 44.1. The number of nitrogen functional groups attached to an aromatic ring is 1.